The minimum atomic E-state index is 0.328. The first kappa shape index (κ1) is 14.1. The van der Waals surface area contributed by atoms with Gasteiger partial charge >= 0.3 is 0 Å². The second-order valence-corrected chi connectivity index (χ2v) is 6.17. The van der Waals surface area contributed by atoms with Gasteiger partial charge in [-0.15, -0.1) is 0 Å². The van der Waals surface area contributed by atoms with E-state index in [-0.39, 0.29) is 0 Å². The largest absolute Gasteiger partial charge is 0.348 e. The lowest BCUT2D eigenvalue weighted by atomic mass is 9.96. The summed E-state index contributed by atoms with van der Waals surface area (Å²) in [5, 5.41) is 0. The molecule has 2 heteroatoms. The second kappa shape index (κ2) is 5.88. The van der Waals surface area contributed by atoms with Crippen LogP contribution in [-0.2, 0) is 13.0 Å². The number of benzene rings is 1. The van der Waals surface area contributed by atoms with Crippen LogP contribution < -0.4 is 0 Å². The fraction of sp³-hybridized carbons (Fsp3) is 0.421. The molecule has 0 N–H and O–H groups in total. The number of hydrogen-bond donors (Lipinski definition) is 0. The number of aromatic nitrogens is 1. The van der Waals surface area contributed by atoms with E-state index in [2.05, 4.69) is 54.8 Å². The number of fused-ring (bicyclic) bond motifs is 1. The van der Waals surface area contributed by atoms with Crippen LogP contribution >= 0.6 is 0 Å². The van der Waals surface area contributed by atoms with Crippen molar-refractivity contribution in [1.82, 2.24) is 4.57 Å². The second-order valence-electron chi connectivity index (χ2n) is 6.17. The Kier molecular flexibility index (Phi) is 3.96. The molecule has 0 radical (unpaired) electrons. The number of carbonyl (C=O) groups is 1. The summed E-state index contributed by atoms with van der Waals surface area (Å²) >= 11 is 0. The molecule has 0 fully saturated rings. The summed E-state index contributed by atoms with van der Waals surface area (Å²) in [6.07, 6.45) is 3.88. The van der Waals surface area contributed by atoms with Gasteiger partial charge in [-0.2, -0.15) is 0 Å². The Morgan fingerprint density at radius 3 is 2.71 bits per heavy atom. The summed E-state index contributed by atoms with van der Waals surface area (Å²) in [6, 6.07) is 12.8. The third-order valence-electron chi connectivity index (χ3n) is 4.69. The van der Waals surface area contributed by atoms with Crippen molar-refractivity contribution in [3.8, 4) is 0 Å². The number of nitrogens with zero attached hydrogens (tertiary/aromatic N) is 1. The van der Waals surface area contributed by atoms with Gasteiger partial charge in [-0.25, -0.2) is 0 Å². The minimum absolute atomic E-state index is 0.328. The molecule has 0 saturated carbocycles. The van der Waals surface area contributed by atoms with Crippen LogP contribution in [0, 0.1) is 6.92 Å². The molecular formula is C19H23NO. The number of ketones is 1. The number of carbonyl (C=O) groups excluding carboxylic acids is 1. The van der Waals surface area contributed by atoms with Gasteiger partial charge < -0.3 is 4.57 Å². The molecule has 0 saturated heterocycles. The van der Waals surface area contributed by atoms with E-state index < -0.39 is 0 Å². The Bertz CT molecular complexity index is 639. The highest BCUT2D eigenvalue weighted by Crippen LogP contribution is 2.27. The molecule has 0 spiro atoms. The highest BCUT2D eigenvalue weighted by molar-refractivity contribution is 5.98. The van der Waals surface area contributed by atoms with Crippen molar-refractivity contribution < 1.29 is 4.79 Å². The highest BCUT2D eigenvalue weighted by atomic mass is 16.1. The SMILES string of the molecule is Cc1cc2c(n1CCC(C)c1ccccc1)CCCC2=O. The zero-order chi connectivity index (χ0) is 14.8. The maximum absolute atomic E-state index is 12.0. The van der Waals surface area contributed by atoms with E-state index in [0.717, 1.165) is 37.8 Å². The maximum Gasteiger partial charge on any atom is 0.164 e. The number of rotatable bonds is 4. The molecule has 1 aliphatic carbocycles. The van der Waals surface area contributed by atoms with E-state index in [4.69, 9.17) is 0 Å². The average molecular weight is 281 g/mol. The predicted molar refractivity (Wildman–Crippen MR) is 85.9 cm³/mol. The number of aryl methyl sites for hydroxylation is 1. The molecule has 0 amide bonds. The summed E-state index contributed by atoms with van der Waals surface area (Å²) in [6.45, 7) is 5.41. The molecular weight excluding hydrogens is 258 g/mol. The van der Waals surface area contributed by atoms with Crippen LogP contribution in [0.4, 0.5) is 0 Å². The molecule has 1 aliphatic rings. The number of hydrogen-bond acceptors (Lipinski definition) is 1. The lowest BCUT2D eigenvalue weighted by Gasteiger charge is -2.18. The summed E-state index contributed by atoms with van der Waals surface area (Å²) in [7, 11) is 0. The first-order valence-electron chi connectivity index (χ1n) is 7.94. The molecule has 110 valence electrons. The van der Waals surface area contributed by atoms with Gasteiger partial charge in [0.05, 0.1) is 0 Å². The van der Waals surface area contributed by atoms with E-state index in [9.17, 15) is 4.79 Å². The van der Waals surface area contributed by atoms with Crippen LogP contribution in [0.3, 0.4) is 0 Å². The lowest BCUT2D eigenvalue weighted by Crippen LogP contribution is -2.14. The maximum atomic E-state index is 12.0. The Balaban J connectivity index is 1.75. The van der Waals surface area contributed by atoms with Crippen LogP contribution in [0.25, 0.3) is 0 Å². The average Bonchev–Trinajstić information content (AvgIpc) is 2.83. The Morgan fingerprint density at radius 2 is 1.95 bits per heavy atom. The number of Topliss-reactive ketones (excluding diaryl/α,β-unsaturated/α-hetero) is 1. The molecule has 21 heavy (non-hydrogen) atoms. The third-order valence-corrected chi connectivity index (χ3v) is 4.69. The third kappa shape index (κ3) is 2.80. The van der Waals surface area contributed by atoms with Crippen LogP contribution in [0.5, 0.6) is 0 Å². The van der Waals surface area contributed by atoms with Crippen molar-refractivity contribution >= 4 is 5.78 Å². The van der Waals surface area contributed by atoms with Gasteiger partial charge in [0, 0.05) is 29.9 Å². The van der Waals surface area contributed by atoms with Gasteiger partial charge in [-0.1, -0.05) is 37.3 Å². The summed E-state index contributed by atoms with van der Waals surface area (Å²) in [5.74, 6) is 0.872. The van der Waals surface area contributed by atoms with Crippen molar-refractivity contribution in [1.29, 1.82) is 0 Å². The summed E-state index contributed by atoms with van der Waals surface area (Å²) in [4.78, 5) is 12.0. The molecule has 0 aliphatic heterocycles. The fourth-order valence-electron chi connectivity index (χ4n) is 3.37. The van der Waals surface area contributed by atoms with E-state index in [1.54, 1.807) is 0 Å². The monoisotopic (exact) mass is 281 g/mol. The van der Waals surface area contributed by atoms with Crippen molar-refractivity contribution in [3.63, 3.8) is 0 Å². The molecule has 1 atom stereocenters. The van der Waals surface area contributed by atoms with Crippen LogP contribution in [0.2, 0.25) is 0 Å². The summed E-state index contributed by atoms with van der Waals surface area (Å²) < 4.78 is 2.37. The molecule has 1 aromatic heterocycles. The van der Waals surface area contributed by atoms with Gasteiger partial charge in [-0.05, 0) is 43.7 Å². The lowest BCUT2D eigenvalue weighted by molar-refractivity contribution is 0.0971. The molecule has 1 aromatic carbocycles. The Labute approximate surface area is 126 Å². The topological polar surface area (TPSA) is 22.0 Å². The quantitative estimate of drug-likeness (QED) is 0.808. The minimum Gasteiger partial charge on any atom is -0.348 e. The zero-order valence-electron chi connectivity index (χ0n) is 12.9. The Morgan fingerprint density at radius 1 is 1.19 bits per heavy atom. The van der Waals surface area contributed by atoms with Crippen molar-refractivity contribution in [2.45, 2.75) is 52.0 Å². The fourth-order valence-corrected chi connectivity index (χ4v) is 3.37. The van der Waals surface area contributed by atoms with E-state index in [1.807, 2.05) is 0 Å². The molecule has 0 bridgehead atoms. The molecule has 2 aromatic rings. The van der Waals surface area contributed by atoms with Gasteiger partial charge in [0.1, 0.15) is 0 Å². The summed E-state index contributed by atoms with van der Waals surface area (Å²) in [5.41, 5.74) is 4.87. The molecule has 2 nitrogen and oxygen atoms in total. The van der Waals surface area contributed by atoms with Crippen molar-refractivity contribution in [2.24, 2.45) is 0 Å². The van der Waals surface area contributed by atoms with Crippen molar-refractivity contribution in [3.05, 3.63) is 58.9 Å². The van der Waals surface area contributed by atoms with Crippen molar-refractivity contribution in [2.75, 3.05) is 0 Å². The standard InChI is InChI=1S/C19H23NO/c1-14(16-7-4-3-5-8-16)11-12-20-15(2)13-17-18(20)9-6-10-19(17)21/h3-5,7-8,13-14H,6,9-12H2,1-2H3. The van der Waals surface area contributed by atoms with Crippen LogP contribution in [0.1, 0.15) is 59.4 Å². The molecule has 1 unspecified atom stereocenters. The molecule has 1 heterocycles. The first-order valence-corrected chi connectivity index (χ1v) is 7.94. The van der Waals surface area contributed by atoms with Gasteiger partial charge in [0.25, 0.3) is 0 Å². The molecule has 3 rings (SSSR count). The van der Waals surface area contributed by atoms with E-state index in [0.29, 0.717) is 11.7 Å². The van der Waals surface area contributed by atoms with Gasteiger partial charge in [-0.3, -0.25) is 4.79 Å². The van der Waals surface area contributed by atoms with Crippen LogP contribution in [0.15, 0.2) is 36.4 Å². The van der Waals surface area contributed by atoms with E-state index in [1.165, 1.54) is 17.0 Å². The van der Waals surface area contributed by atoms with Gasteiger partial charge in [0.2, 0.25) is 0 Å². The first-order chi connectivity index (χ1) is 10.2. The normalized spacial score (nSPS) is 15.8. The Hall–Kier alpha value is -1.83. The van der Waals surface area contributed by atoms with Gasteiger partial charge in [0.15, 0.2) is 5.78 Å². The predicted octanol–water partition coefficient (Wildman–Crippen LogP) is 4.51. The van der Waals surface area contributed by atoms with Crippen LogP contribution in [-0.4, -0.2) is 10.4 Å². The highest BCUT2D eigenvalue weighted by Gasteiger charge is 2.22. The van der Waals surface area contributed by atoms with E-state index >= 15 is 0 Å². The smallest absolute Gasteiger partial charge is 0.164 e. The zero-order valence-corrected chi connectivity index (χ0v) is 12.9.